The van der Waals surface area contributed by atoms with Crippen LogP contribution < -0.4 is 5.32 Å². The molecule has 0 spiro atoms. The van der Waals surface area contributed by atoms with Gasteiger partial charge in [-0.2, -0.15) is 0 Å². The molecule has 0 radical (unpaired) electrons. The van der Waals surface area contributed by atoms with Gasteiger partial charge in [0.15, 0.2) is 0 Å². The molecule has 1 N–H and O–H groups in total. The zero-order chi connectivity index (χ0) is 23.0. The lowest BCUT2D eigenvalue weighted by Gasteiger charge is -2.23. The average Bonchev–Trinajstić information content (AvgIpc) is 3.24. The lowest BCUT2D eigenvalue weighted by molar-refractivity contribution is -0.127. The Bertz CT molecular complexity index is 1100. The summed E-state index contributed by atoms with van der Waals surface area (Å²) >= 11 is 0. The Morgan fingerprint density at radius 1 is 0.939 bits per heavy atom. The lowest BCUT2D eigenvalue weighted by atomic mass is 10.2. The van der Waals surface area contributed by atoms with E-state index >= 15 is 0 Å². The molecule has 2 amide bonds. The van der Waals surface area contributed by atoms with E-state index in [1.807, 2.05) is 6.07 Å². The van der Waals surface area contributed by atoms with Gasteiger partial charge >= 0.3 is 0 Å². The van der Waals surface area contributed by atoms with E-state index in [0.717, 1.165) is 18.5 Å². The van der Waals surface area contributed by atoms with Gasteiger partial charge in [-0.3, -0.25) is 14.5 Å². The first-order chi connectivity index (χ1) is 16.1. The maximum Gasteiger partial charge on any atom is 0.270 e. The maximum atomic E-state index is 13.4. The second-order valence-corrected chi connectivity index (χ2v) is 7.94. The molecule has 6 nitrogen and oxygen atoms in total. The molecule has 7 heteroatoms. The second-order valence-electron chi connectivity index (χ2n) is 7.94. The molecule has 0 bridgehead atoms. The Morgan fingerprint density at radius 3 is 2.45 bits per heavy atom. The van der Waals surface area contributed by atoms with Crippen molar-refractivity contribution in [3.05, 3.63) is 101 Å². The minimum atomic E-state index is -0.352. The fourth-order valence-electron chi connectivity index (χ4n) is 3.80. The van der Waals surface area contributed by atoms with Crippen molar-refractivity contribution in [3.8, 4) is 0 Å². The Kier molecular flexibility index (Phi) is 7.32. The van der Waals surface area contributed by atoms with Gasteiger partial charge in [-0.15, -0.1) is 0 Å². The van der Waals surface area contributed by atoms with Crippen LogP contribution in [0.15, 0.2) is 83.1 Å². The van der Waals surface area contributed by atoms with E-state index < -0.39 is 0 Å². The Balaban J connectivity index is 1.45. The standard InChI is InChI=1S/C26H26FN3O3/c27-22-11-9-20(10-12-22)19-29-13-5-14-30(16-15-29)26(32)24(18-23-8-4-17-33-23)28-25(31)21-6-2-1-3-7-21/h1-4,6-12,17-18H,5,13-16,19H2,(H,28,31)/b24-18-. The van der Waals surface area contributed by atoms with Crippen molar-refractivity contribution in [2.45, 2.75) is 13.0 Å². The van der Waals surface area contributed by atoms with E-state index in [4.69, 9.17) is 4.42 Å². The monoisotopic (exact) mass is 447 g/mol. The van der Waals surface area contributed by atoms with Crippen LogP contribution in [0.25, 0.3) is 6.08 Å². The smallest absolute Gasteiger partial charge is 0.270 e. The highest BCUT2D eigenvalue weighted by Crippen LogP contribution is 2.14. The molecule has 0 atom stereocenters. The molecule has 2 aromatic carbocycles. The molecule has 0 saturated carbocycles. The van der Waals surface area contributed by atoms with E-state index in [1.54, 1.807) is 59.5 Å². The van der Waals surface area contributed by atoms with Crippen LogP contribution in [0.2, 0.25) is 0 Å². The average molecular weight is 448 g/mol. The summed E-state index contributed by atoms with van der Waals surface area (Å²) in [6, 6.07) is 18.7. The van der Waals surface area contributed by atoms with Crippen LogP contribution in [0.3, 0.4) is 0 Å². The Morgan fingerprint density at radius 2 is 1.73 bits per heavy atom. The van der Waals surface area contributed by atoms with E-state index in [0.29, 0.717) is 37.5 Å². The zero-order valence-corrected chi connectivity index (χ0v) is 18.2. The molecule has 33 heavy (non-hydrogen) atoms. The summed E-state index contributed by atoms with van der Waals surface area (Å²) in [4.78, 5) is 30.1. The van der Waals surface area contributed by atoms with Crippen molar-refractivity contribution in [2.75, 3.05) is 26.2 Å². The molecule has 1 fully saturated rings. The molecule has 1 saturated heterocycles. The summed E-state index contributed by atoms with van der Waals surface area (Å²) in [6.07, 6.45) is 3.88. The van der Waals surface area contributed by atoms with Crippen molar-refractivity contribution < 1.29 is 18.4 Å². The third kappa shape index (κ3) is 6.17. The number of rotatable bonds is 6. The number of carbonyl (C=O) groups is 2. The minimum Gasteiger partial charge on any atom is -0.465 e. The fourth-order valence-corrected chi connectivity index (χ4v) is 3.80. The third-order valence-corrected chi connectivity index (χ3v) is 5.54. The summed E-state index contributed by atoms with van der Waals surface area (Å²) in [5.74, 6) is -0.367. The van der Waals surface area contributed by atoms with Crippen LogP contribution in [-0.2, 0) is 11.3 Å². The second kappa shape index (κ2) is 10.7. The summed E-state index contributed by atoms with van der Waals surface area (Å²) < 4.78 is 18.6. The zero-order valence-electron chi connectivity index (χ0n) is 18.2. The quantitative estimate of drug-likeness (QED) is 0.582. The fraction of sp³-hybridized carbons (Fsp3) is 0.231. The normalized spacial score (nSPS) is 15.2. The number of nitrogens with zero attached hydrogens (tertiary/aromatic N) is 2. The van der Waals surface area contributed by atoms with E-state index in [1.165, 1.54) is 18.4 Å². The SMILES string of the molecule is O=C(N/C(=C\c1ccco1)C(=O)N1CCCN(Cc2ccc(F)cc2)CC1)c1ccccc1. The van der Waals surface area contributed by atoms with Gasteiger partial charge in [-0.25, -0.2) is 4.39 Å². The number of carbonyl (C=O) groups excluding carboxylic acids is 2. The number of hydrogen-bond acceptors (Lipinski definition) is 4. The van der Waals surface area contributed by atoms with Crippen LogP contribution in [-0.4, -0.2) is 47.8 Å². The summed E-state index contributed by atoms with van der Waals surface area (Å²) in [7, 11) is 0. The van der Waals surface area contributed by atoms with Gasteiger partial charge in [0.05, 0.1) is 6.26 Å². The minimum absolute atomic E-state index is 0.172. The first-order valence-electron chi connectivity index (χ1n) is 11.0. The first-order valence-corrected chi connectivity index (χ1v) is 11.0. The van der Waals surface area contributed by atoms with Crippen LogP contribution in [0.4, 0.5) is 4.39 Å². The Hall–Kier alpha value is -3.71. The van der Waals surface area contributed by atoms with Gasteiger partial charge < -0.3 is 14.6 Å². The number of benzene rings is 2. The molecule has 0 unspecified atom stereocenters. The van der Waals surface area contributed by atoms with Gasteiger partial charge in [-0.1, -0.05) is 30.3 Å². The van der Waals surface area contributed by atoms with Crippen molar-refractivity contribution in [2.24, 2.45) is 0 Å². The predicted molar refractivity (Wildman–Crippen MR) is 123 cm³/mol. The molecular weight excluding hydrogens is 421 g/mol. The highest BCUT2D eigenvalue weighted by atomic mass is 19.1. The van der Waals surface area contributed by atoms with Gasteiger partial charge in [0, 0.05) is 44.4 Å². The number of hydrogen-bond donors (Lipinski definition) is 1. The van der Waals surface area contributed by atoms with Gasteiger partial charge in [-0.05, 0) is 48.4 Å². The molecule has 0 aliphatic carbocycles. The number of halogens is 1. The van der Waals surface area contributed by atoms with Crippen LogP contribution in [0.5, 0.6) is 0 Å². The summed E-state index contributed by atoms with van der Waals surface area (Å²) in [5.41, 5.74) is 1.67. The highest BCUT2D eigenvalue weighted by Gasteiger charge is 2.24. The molecule has 3 aromatic rings. The lowest BCUT2D eigenvalue weighted by Crippen LogP contribution is -2.40. The maximum absolute atomic E-state index is 13.4. The molecule has 4 rings (SSSR count). The molecule has 1 aliphatic heterocycles. The molecule has 1 aliphatic rings. The summed E-state index contributed by atoms with van der Waals surface area (Å²) in [5, 5.41) is 2.77. The van der Waals surface area contributed by atoms with Crippen molar-refractivity contribution in [1.82, 2.24) is 15.1 Å². The third-order valence-electron chi connectivity index (χ3n) is 5.54. The van der Waals surface area contributed by atoms with Gasteiger partial charge in [0.2, 0.25) is 0 Å². The van der Waals surface area contributed by atoms with Crippen molar-refractivity contribution in [3.63, 3.8) is 0 Å². The van der Waals surface area contributed by atoms with Gasteiger partial charge in [0.25, 0.3) is 11.8 Å². The largest absolute Gasteiger partial charge is 0.465 e. The Labute approximate surface area is 192 Å². The van der Waals surface area contributed by atoms with E-state index in [-0.39, 0.29) is 23.3 Å². The molecule has 170 valence electrons. The number of amides is 2. The van der Waals surface area contributed by atoms with Crippen molar-refractivity contribution >= 4 is 17.9 Å². The molecule has 1 aromatic heterocycles. The number of furan rings is 1. The molecule has 2 heterocycles. The highest BCUT2D eigenvalue weighted by molar-refractivity contribution is 6.05. The number of nitrogens with one attached hydrogen (secondary N) is 1. The molecular formula is C26H26FN3O3. The summed E-state index contributed by atoms with van der Waals surface area (Å²) in [6.45, 7) is 3.31. The topological polar surface area (TPSA) is 65.8 Å². The van der Waals surface area contributed by atoms with Crippen molar-refractivity contribution in [1.29, 1.82) is 0 Å². The predicted octanol–water partition coefficient (Wildman–Crippen LogP) is 3.92. The van der Waals surface area contributed by atoms with E-state index in [2.05, 4.69) is 10.2 Å². The van der Waals surface area contributed by atoms with E-state index in [9.17, 15) is 14.0 Å². The first kappa shape index (κ1) is 22.5. The van der Waals surface area contributed by atoms with Crippen LogP contribution in [0, 0.1) is 5.82 Å². The van der Waals surface area contributed by atoms with Crippen LogP contribution in [0.1, 0.15) is 28.1 Å². The van der Waals surface area contributed by atoms with Gasteiger partial charge in [0.1, 0.15) is 17.3 Å². The van der Waals surface area contributed by atoms with Crippen LogP contribution >= 0.6 is 0 Å².